The molecule has 0 aliphatic carbocycles. The van der Waals surface area contributed by atoms with E-state index in [0.717, 1.165) is 21.0 Å². The van der Waals surface area contributed by atoms with Crippen molar-refractivity contribution in [2.75, 3.05) is 24.5 Å². The van der Waals surface area contributed by atoms with Gasteiger partial charge in [-0.25, -0.2) is 8.42 Å². The van der Waals surface area contributed by atoms with E-state index in [1.54, 1.807) is 30.3 Å². The van der Waals surface area contributed by atoms with Crippen molar-refractivity contribution in [1.29, 1.82) is 0 Å². The molecule has 0 radical (unpaired) electrons. The van der Waals surface area contributed by atoms with E-state index in [1.807, 2.05) is 68.4 Å². The maximum atomic E-state index is 14.4. The van der Waals surface area contributed by atoms with Crippen molar-refractivity contribution >= 4 is 39.1 Å². The summed E-state index contributed by atoms with van der Waals surface area (Å²) in [6.45, 7) is 3.67. The van der Waals surface area contributed by atoms with Crippen LogP contribution in [0.5, 0.6) is 5.75 Å². The highest BCUT2D eigenvalue weighted by Gasteiger charge is 2.34. The standard InChI is InChI=1S/C34H36ClN3O5S/c1-4-36-34(40)32(21-26-11-6-5-7-12-26)37(23-27-13-8-10-25(2)20-27)33(39)24-38(29-15-9-14-28(35)22-29)44(41,42)31-18-16-30(43-3)17-19-31/h5-20,22,32H,4,21,23-24H2,1-3H3,(H,36,40)/t32-/m0/s1. The van der Waals surface area contributed by atoms with Gasteiger partial charge in [0.1, 0.15) is 18.3 Å². The van der Waals surface area contributed by atoms with Crippen LogP contribution in [0.15, 0.2) is 108 Å². The van der Waals surface area contributed by atoms with Crippen LogP contribution in [-0.4, -0.2) is 51.4 Å². The van der Waals surface area contributed by atoms with E-state index in [1.165, 1.54) is 30.2 Å². The van der Waals surface area contributed by atoms with Crippen LogP contribution in [-0.2, 0) is 32.6 Å². The number of amides is 2. The van der Waals surface area contributed by atoms with Crippen molar-refractivity contribution in [1.82, 2.24) is 10.2 Å². The number of ether oxygens (including phenoxy) is 1. The predicted octanol–water partition coefficient (Wildman–Crippen LogP) is 5.63. The van der Waals surface area contributed by atoms with Gasteiger partial charge in [0, 0.05) is 24.5 Å². The van der Waals surface area contributed by atoms with Crippen LogP contribution >= 0.6 is 11.6 Å². The van der Waals surface area contributed by atoms with Crippen LogP contribution in [0.25, 0.3) is 0 Å². The summed E-state index contributed by atoms with van der Waals surface area (Å²) in [4.78, 5) is 29.4. The lowest BCUT2D eigenvalue weighted by atomic mass is 10.0. The van der Waals surface area contributed by atoms with Gasteiger partial charge in [-0.3, -0.25) is 13.9 Å². The SMILES string of the molecule is CCNC(=O)[C@H](Cc1ccccc1)N(Cc1cccc(C)c1)C(=O)CN(c1cccc(Cl)c1)S(=O)(=O)c1ccc(OC)cc1. The molecular weight excluding hydrogens is 598 g/mol. The van der Waals surface area contributed by atoms with E-state index < -0.39 is 28.5 Å². The Labute approximate surface area is 264 Å². The average Bonchev–Trinajstić information content (AvgIpc) is 3.02. The van der Waals surface area contributed by atoms with Crippen molar-refractivity contribution in [3.8, 4) is 5.75 Å². The number of carbonyl (C=O) groups excluding carboxylic acids is 2. The minimum Gasteiger partial charge on any atom is -0.497 e. The topological polar surface area (TPSA) is 96.0 Å². The third-order valence-electron chi connectivity index (χ3n) is 7.08. The van der Waals surface area contributed by atoms with Gasteiger partial charge < -0.3 is 15.0 Å². The number of rotatable bonds is 13. The van der Waals surface area contributed by atoms with Crippen LogP contribution in [0.2, 0.25) is 5.02 Å². The molecule has 2 amide bonds. The van der Waals surface area contributed by atoms with Gasteiger partial charge in [0.05, 0.1) is 17.7 Å². The van der Waals surface area contributed by atoms with E-state index in [4.69, 9.17) is 16.3 Å². The van der Waals surface area contributed by atoms with Gasteiger partial charge in [0.25, 0.3) is 10.0 Å². The molecule has 0 saturated carbocycles. The van der Waals surface area contributed by atoms with Crippen molar-refractivity contribution in [2.45, 2.75) is 37.8 Å². The molecule has 44 heavy (non-hydrogen) atoms. The molecule has 0 heterocycles. The third-order valence-corrected chi connectivity index (χ3v) is 9.10. The molecule has 1 N–H and O–H groups in total. The van der Waals surface area contributed by atoms with E-state index in [2.05, 4.69) is 5.32 Å². The number of benzene rings is 4. The molecule has 0 saturated heterocycles. The normalized spacial score (nSPS) is 11.8. The minimum absolute atomic E-state index is 0.0270. The summed E-state index contributed by atoms with van der Waals surface area (Å²) in [6, 6.07) is 28.4. The molecule has 0 bridgehead atoms. The zero-order valence-corrected chi connectivity index (χ0v) is 26.5. The molecule has 1 atom stereocenters. The zero-order chi connectivity index (χ0) is 31.7. The Hall–Kier alpha value is -4.34. The molecule has 0 spiro atoms. The average molecular weight is 634 g/mol. The molecular formula is C34H36ClN3O5S. The Morgan fingerprint density at radius 1 is 0.886 bits per heavy atom. The first-order chi connectivity index (χ1) is 21.1. The van der Waals surface area contributed by atoms with Gasteiger partial charge in [-0.2, -0.15) is 0 Å². The molecule has 8 nitrogen and oxygen atoms in total. The fourth-order valence-corrected chi connectivity index (χ4v) is 6.48. The summed E-state index contributed by atoms with van der Waals surface area (Å²) >= 11 is 6.28. The van der Waals surface area contributed by atoms with Crippen LogP contribution in [0.3, 0.4) is 0 Å². The van der Waals surface area contributed by atoms with E-state index in [0.29, 0.717) is 17.3 Å². The number of carbonyl (C=O) groups is 2. The second-order valence-electron chi connectivity index (χ2n) is 10.3. The van der Waals surface area contributed by atoms with Gasteiger partial charge >= 0.3 is 0 Å². The number of halogens is 1. The molecule has 4 rings (SSSR count). The van der Waals surface area contributed by atoms with E-state index >= 15 is 0 Å². The largest absolute Gasteiger partial charge is 0.497 e. The van der Waals surface area contributed by atoms with Gasteiger partial charge in [0.2, 0.25) is 11.8 Å². The first-order valence-corrected chi connectivity index (χ1v) is 16.0. The summed E-state index contributed by atoms with van der Waals surface area (Å²) in [5.41, 5.74) is 2.89. The quantitative estimate of drug-likeness (QED) is 0.206. The number of sulfonamides is 1. The number of methoxy groups -OCH3 is 1. The van der Waals surface area contributed by atoms with Crippen molar-refractivity contribution < 1.29 is 22.7 Å². The second kappa shape index (κ2) is 14.9. The zero-order valence-electron chi connectivity index (χ0n) is 24.9. The third kappa shape index (κ3) is 8.18. The van der Waals surface area contributed by atoms with Crippen LogP contribution < -0.4 is 14.4 Å². The smallest absolute Gasteiger partial charge is 0.264 e. The summed E-state index contributed by atoms with van der Waals surface area (Å²) < 4.78 is 34.4. The number of hydrogen-bond acceptors (Lipinski definition) is 5. The Morgan fingerprint density at radius 3 is 2.20 bits per heavy atom. The summed E-state index contributed by atoms with van der Waals surface area (Å²) in [7, 11) is -2.76. The monoisotopic (exact) mass is 633 g/mol. The summed E-state index contributed by atoms with van der Waals surface area (Å²) in [5, 5.41) is 3.17. The maximum absolute atomic E-state index is 14.4. The molecule has 4 aromatic rings. The molecule has 0 aromatic heterocycles. The number of hydrogen-bond donors (Lipinski definition) is 1. The lowest BCUT2D eigenvalue weighted by Gasteiger charge is -2.34. The first-order valence-electron chi connectivity index (χ1n) is 14.2. The molecule has 0 fully saturated rings. The number of likely N-dealkylation sites (N-methyl/N-ethyl adjacent to an activating group) is 1. The van der Waals surface area contributed by atoms with Crippen molar-refractivity contribution in [2.24, 2.45) is 0 Å². The fraction of sp³-hybridized carbons (Fsp3) is 0.235. The molecule has 230 valence electrons. The van der Waals surface area contributed by atoms with Gasteiger partial charge in [-0.15, -0.1) is 0 Å². The number of aryl methyl sites for hydroxylation is 1. The van der Waals surface area contributed by atoms with Crippen molar-refractivity contribution in [3.05, 3.63) is 125 Å². The molecule has 0 aliphatic rings. The highest BCUT2D eigenvalue weighted by Crippen LogP contribution is 2.28. The Kier molecular flexibility index (Phi) is 11.0. The van der Waals surface area contributed by atoms with E-state index in [9.17, 15) is 18.0 Å². The lowest BCUT2D eigenvalue weighted by molar-refractivity contribution is -0.140. The number of nitrogens with one attached hydrogen (secondary N) is 1. The van der Waals surface area contributed by atoms with Crippen LogP contribution in [0, 0.1) is 6.92 Å². The molecule has 0 aliphatic heterocycles. The highest BCUT2D eigenvalue weighted by molar-refractivity contribution is 7.92. The highest BCUT2D eigenvalue weighted by atomic mass is 35.5. The Morgan fingerprint density at radius 2 is 1.57 bits per heavy atom. The van der Waals surface area contributed by atoms with Crippen molar-refractivity contribution in [3.63, 3.8) is 0 Å². The van der Waals surface area contributed by atoms with Gasteiger partial charge in [0.15, 0.2) is 0 Å². The molecule has 0 unspecified atom stereocenters. The Balaban J connectivity index is 1.79. The maximum Gasteiger partial charge on any atom is 0.264 e. The molecule has 4 aromatic carbocycles. The Bertz CT molecular complexity index is 1680. The van der Waals surface area contributed by atoms with Crippen LogP contribution in [0.4, 0.5) is 5.69 Å². The first kappa shape index (κ1) is 32.6. The number of nitrogens with zero attached hydrogens (tertiary/aromatic N) is 2. The van der Waals surface area contributed by atoms with Gasteiger partial charge in [-0.1, -0.05) is 77.8 Å². The van der Waals surface area contributed by atoms with Gasteiger partial charge in [-0.05, 0) is 67.4 Å². The summed E-state index contributed by atoms with van der Waals surface area (Å²) in [6.07, 6.45) is 0.243. The molecule has 10 heteroatoms. The fourth-order valence-electron chi connectivity index (χ4n) is 4.89. The van der Waals surface area contributed by atoms with Crippen LogP contribution in [0.1, 0.15) is 23.6 Å². The minimum atomic E-state index is -4.25. The predicted molar refractivity (Wildman–Crippen MR) is 173 cm³/mol. The number of anilines is 1. The van der Waals surface area contributed by atoms with E-state index in [-0.39, 0.29) is 29.5 Å². The lowest BCUT2D eigenvalue weighted by Crippen LogP contribution is -2.53. The second-order valence-corrected chi connectivity index (χ2v) is 12.6. The summed E-state index contributed by atoms with van der Waals surface area (Å²) in [5.74, 6) is -0.384.